The number of rotatable bonds is 2. The predicted octanol–water partition coefficient (Wildman–Crippen LogP) is 12.2. The van der Waals surface area contributed by atoms with E-state index in [0.717, 1.165) is 55.4 Å². The first-order valence-electron chi connectivity index (χ1n) is 14.3. The quantitative estimate of drug-likeness (QED) is 0.0751. The monoisotopic (exact) mass is 890 g/mol. The Balaban J connectivity index is 0.000000184. The normalized spacial score (nSPS) is 12.0. The van der Waals surface area contributed by atoms with E-state index < -0.39 is 7.81 Å². The Morgan fingerprint density at radius 1 is 0.500 bits per heavy atom. The first-order valence-corrected chi connectivity index (χ1v) is 16.3. The summed E-state index contributed by atoms with van der Waals surface area (Å²) in [4.78, 5) is 17.1. The van der Waals surface area contributed by atoms with Crippen LogP contribution in [0.3, 0.4) is 0 Å². The van der Waals surface area contributed by atoms with Gasteiger partial charge in [-0.1, -0.05) is 48.5 Å². The van der Waals surface area contributed by atoms with Crippen molar-refractivity contribution in [2.75, 3.05) is 0 Å². The first kappa shape index (κ1) is 39.7. The molecule has 0 atom stereocenters. The van der Waals surface area contributed by atoms with Gasteiger partial charge in [0.05, 0.1) is 11.0 Å². The zero-order chi connectivity index (χ0) is 35.7. The van der Waals surface area contributed by atoms with E-state index in [1.54, 1.807) is 36.9 Å². The molecule has 0 aliphatic rings. The van der Waals surface area contributed by atoms with Gasteiger partial charge in [-0.25, -0.2) is 0 Å². The fourth-order valence-electron chi connectivity index (χ4n) is 4.06. The first-order chi connectivity index (χ1) is 22.9. The van der Waals surface area contributed by atoms with E-state index in [4.69, 9.17) is 0 Å². The average molecular weight is 890 g/mol. The molecule has 0 spiro atoms. The Morgan fingerprint density at radius 2 is 0.880 bits per heavy atom. The van der Waals surface area contributed by atoms with Crippen molar-refractivity contribution >= 4 is 29.6 Å². The van der Waals surface area contributed by atoms with Crippen LogP contribution in [0.4, 0.5) is 34.0 Å². The minimum Gasteiger partial charge on any atom is -0.254 e. The van der Waals surface area contributed by atoms with E-state index in [1.165, 1.54) is 24.3 Å². The van der Waals surface area contributed by atoms with Crippen molar-refractivity contribution in [1.29, 1.82) is 0 Å². The minimum absolute atomic E-state index is 0. The molecule has 7 aromatic rings. The minimum atomic E-state index is -10.7. The summed E-state index contributed by atoms with van der Waals surface area (Å²) in [5.74, 6) is -0.554. The molecule has 0 saturated carbocycles. The van der Waals surface area contributed by atoms with Gasteiger partial charge in [0.1, 0.15) is 0 Å². The molecule has 0 radical (unpaired) electrons. The maximum atomic E-state index is 12.6. The van der Waals surface area contributed by atoms with Gasteiger partial charge in [-0.2, -0.15) is 0 Å². The number of aryl methyl sites for hydroxylation is 2. The molecular weight excluding hydrogens is 864 g/mol. The average Bonchev–Trinajstić information content (AvgIpc) is 3.06. The van der Waals surface area contributed by atoms with Crippen molar-refractivity contribution in [1.82, 2.24) is 19.9 Å². The molecule has 4 aromatic heterocycles. The summed E-state index contributed by atoms with van der Waals surface area (Å²) in [5, 5.41) is 2.28. The van der Waals surface area contributed by atoms with Crippen LogP contribution in [0.1, 0.15) is 11.1 Å². The molecule has 4 heterocycles. The van der Waals surface area contributed by atoms with Gasteiger partial charge < -0.3 is 9.97 Å². The summed E-state index contributed by atoms with van der Waals surface area (Å²) >= 11 is 0. The molecular formula is C36H26F8IrN4P. The van der Waals surface area contributed by atoms with Crippen LogP contribution in [0, 0.1) is 37.6 Å². The van der Waals surface area contributed by atoms with Gasteiger partial charge in [-0.15, -0.1) is 59.7 Å². The largest absolute Gasteiger partial charge is 3.00 e. The van der Waals surface area contributed by atoms with Gasteiger partial charge in [0.25, 0.3) is 0 Å². The van der Waals surface area contributed by atoms with Crippen LogP contribution in [-0.4, -0.2) is 19.9 Å². The maximum Gasteiger partial charge on any atom is 3.00 e. The van der Waals surface area contributed by atoms with Crippen molar-refractivity contribution in [3.05, 3.63) is 157 Å². The van der Waals surface area contributed by atoms with Crippen LogP contribution in [0.5, 0.6) is 0 Å². The van der Waals surface area contributed by atoms with Gasteiger partial charge in [0.2, 0.25) is 0 Å². The molecule has 50 heavy (non-hydrogen) atoms. The fraction of sp³-hybridized carbons (Fsp3) is 0.0556. The number of pyridine rings is 4. The summed E-state index contributed by atoms with van der Waals surface area (Å²) in [6.07, 6.45) is 7.17. The second kappa shape index (κ2) is 15.9. The zero-order valence-corrected chi connectivity index (χ0v) is 29.4. The SMILES string of the molecule is Cc1ccc(-c2[c-]cc(F)cc2)nc1.Cc1ccc(-c2[c-]cc(F)cc2)nc1.F[P-](F)(F)(F)(F)F.[Ir+3].c1cnc2c(c1)ccc1cccnc12. The number of hydrogen-bond acceptors (Lipinski definition) is 4. The Morgan fingerprint density at radius 3 is 1.18 bits per heavy atom. The Labute approximate surface area is 295 Å². The summed E-state index contributed by atoms with van der Waals surface area (Å²) in [7, 11) is -10.7. The molecule has 0 unspecified atom stereocenters. The molecule has 0 fully saturated rings. The summed E-state index contributed by atoms with van der Waals surface area (Å²) < 4.78 is 84.4. The van der Waals surface area contributed by atoms with E-state index in [0.29, 0.717) is 0 Å². The molecule has 0 aliphatic carbocycles. The number of nitrogens with zero attached hydrogens (tertiary/aromatic N) is 4. The Bertz CT molecular complexity index is 1890. The summed E-state index contributed by atoms with van der Waals surface area (Å²) in [5.41, 5.74) is 7.42. The third kappa shape index (κ3) is 14.0. The van der Waals surface area contributed by atoms with Crippen molar-refractivity contribution in [2.24, 2.45) is 0 Å². The maximum absolute atomic E-state index is 12.6. The molecule has 3 aromatic carbocycles. The van der Waals surface area contributed by atoms with Crippen LogP contribution >= 0.6 is 7.81 Å². The van der Waals surface area contributed by atoms with E-state index in [1.807, 2.05) is 50.2 Å². The van der Waals surface area contributed by atoms with Crippen molar-refractivity contribution < 1.29 is 54.1 Å². The number of fused-ring (bicyclic) bond motifs is 3. The molecule has 7 rings (SSSR count). The third-order valence-corrected chi connectivity index (χ3v) is 6.27. The van der Waals surface area contributed by atoms with E-state index in [-0.39, 0.29) is 31.7 Å². The fourth-order valence-corrected chi connectivity index (χ4v) is 4.06. The van der Waals surface area contributed by atoms with E-state index in [9.17, 15) is 34.0 Å². The van der Waals surface area contributed by atoms with Crippen LogP contribution in [0.2, 0.25) is 0 Å². The van der Waals surface area contributed by atoms with Crippen LogP contribution in [0.25, 0.3) is 44.3 Å². The Kier molecular flexibility index (Phi) is 12.6. The van der Waals surface area contributed by atoms with Gasteiger partial charge in [0.15, 0.2) is 0 Å². The molecule has 0 amide bonds. The van der Waals surface area contributed by atoms with Gasteiger partial charge >= 0.3 is 53.1 Å². The zero-order valence-electron chi connectivity index (χ0n) is 26.1. The predicted molar refractivity (Wildman–Crippen MR) is 177 cm³/mol. The number of benzene rings is 3. The standard InChI is InChI=1S/2C12H9FN.C12H8N2.F6P.Ir/c2*1-9-2-7-12(14-8-9)10-3-5-11(13)6-4-10;1-3-9-5-6-10-4-2-8-14-12(10)11(9)13-7-1;1-7(2,3,4,5)6;/h2*2-3,5-8H,1H3;1-8H;;/q2*-1;;-1;+3. The summed E-state index contributed by atoms with van der Waals surface area (Å²) in [6.45, 7) is 3.95. The molecule has 260 valence electrons. The third-order valence-electron chi connectivity index (χ3n) is 6.27. The second-order valence-corrected chi connectivity index (χ2v) is 12.4. The molecule has 0 saturated heterocycles. The smallest absolute Gasteiger partial charge is 0.254 e. The van der Waals surface area contributed by atoms with Gasteiger partial charge in [0, 0.05) is 47.2 Å². The number of hydrogen-bond donors (Lipinski definition) is 0. The molecule has 4 nitrogen and oxygen atoms in total. The van der Waals surface area contributed by atoms with Crippen molar-refractivity contribution in [3.8, 4) is 22.5 Å². The van der Waals surface area contributed by atoms with E-state index in [2.05, 4.69) is 56.3 Å². The van der Waals surface area contributed by atoms with E-state index >= 15 is 0 Å². The molecule has 0 N–H and O–H groups in total. The van der Waals surface area contributed by atoms with Crippen LogP contribution in [-0.2, 0) is 20.1 Å². The second-order valence-electron chi connectivity index (χ2n) is 10.5. The number of halogens is 8. The Hall–Kier alpha value is -4.70. The number of aromatic nitrogens is 4. The van der Waals surface area contributed by atoms with Crippen molar-refractivity contribution in [3.63, 3.8) is 0 Å². The van der Waals surface area contributed by atoms with Gasteiger partial charge in [-0.3, -0.25) is 18.7 Å². The molecule has 0 bridgehead atoms. The molecule has 14 heteroatoms. The van der Waals surface area contributed by atoms with Crippen LogP contribution < -0.4 is 0 Å². The van der Waals surface area contributed by atoms with Gasteiger partial charge in [-0.05, 0) is 48.5 Å². The molecule has 0 aliphatic heterocycles. The van der Waals surface area contributed by atoms with Crippen LogP contribution in [0.15, 0.2) is 122 Å². The van der Waals surface area contributed by atoms with Crippen molar-refractivity contribution in [2.45, 2.75) is 13.8 Å². The topological polar surface area (TPSA) is 51.6 Å². The summed E-state index contributed by atoms with van der Waals surface area (Å²) in [6, 6.07) is 34.4.